The molecule has 0 saturated carbocycles. The topological polar surface area (TPSA) is 124 Å². The molecule has 0 aliphatic heterocycles. The maximum atomic E-state index is 11.2. The molecule has 0 fully saturated rings. The van der Waals surface area contributed by atoms with E-state index >= 15 is 0 Å². The molecule has 2 heterocycles. The second-order valence-electron chi connectivity index (χ2n) is 7.13. The van der Waals surface area contributed by atoms with Crippen molar-refractivity contribution in [3.05, 3.63) is 78.0 Å². The summed E-state index contributed by atoms with van der Waals surface area (Å²) < 4.78 is 22.4. The molecule has 0 unspecified atom stereocenters. The lowest BCUT2D eigenvalue weighted by atomic mass is 10.0. The fraction of sp³-hybridized carbons (Fsp3) is 0.0909. The Balaban J connectivity index is 1.65. The highest BCUT2D eigenvalue weighted by Gasteiger charge is 2.10. The second kappa shape index (κ2) is 7.74. The fourth-order valence-electron chi connectivity index (χ4n) is 3.31. The lowest BCUT2D eigenvalue weighted by molar-refractivity contribution is 0.597. The normalized spacial score (nSPS) is 11.5. The van der Waals surface area contributed by atoms with Crippen molar-refractivity contribution in [2.45, 2.75) is 12.7 Å². The molecule has 152 valence electrons. The van der Waals surface area contributed by atoms with Gasteiger partial charge in [-0.3, -0.25) is 0 Å². The molecule has 5 N–H and O–H groups in total. The van der Waals surface area contributed by atoms with Crippen molar-refractivity contribution in [1.29, 1.82) is 0 Å². The summed E-state index contributed by atoms with van der Waals surface area (Å²) in [6, 6.07) is 18.9. The minimum Gasteiger partial charge on any atom is -0.383 e. The zero-order valence-electron chi connectivity index (χ0n) is 16.3. The minimum atomic E-state index is -3.56. The number of fused-ring (bicyclic) bond motifs is 1. The van der Waals surface area contributed by atoms with E-state index in [-0.39, 0.29) is 5.75 Å². The average molecular weight is 420 g/mol. The van der Waals surface area contributed by atoms with Crippen LogP contribution >= 0.6 is 0 Å². The fourth-order valence-corrected chi connectivity index (χ4v) is 3.96. The van der Waals surface area contributed by atoms with E-state index in [0.717, 1.165) is 33.3 Å². The van der Waals surface area contributed by atoms with Crippen LogP contribution in [0.25, 0.3) is 22.0 Å². The van der Waals surface area contributed by atoms with E-state index in [4.69, 9.17) is 10.9 Å². The number of aromatic nitrogens is 2. The summed E-state index contributed by atoms with van der Waals surface area (Å²) in [5.41, 5.74) is 10.5. The molecule has 0 bridgehead atoms. The van der Waals surface area contributed by atoms with Crippen LogP contribution in [-0.2, 0) is 15.8 Å². The molecule has 0 spiro atoms. The molecule has 0 amide bonds. The lowest BCUT2D eigenvalue weighted by Gasteiger charge is -2.11. The van der Waals surface area contributed by atoms with E-state index < -0.39 is 10.0 Å². The molecular weight excluding hydrogens is 398 g/mol. The number of nitrogens with two attached hydrogens (primary N) is 2. The number of nitrogens with zero attached hydrogens (tertiary/aromatic N) is 2. The number of anilines is 3. The van der Waals surface area contributed by atoms with E-state index in [9.17, 15) is 8.42 Å². The largest absolute Gasteiger partial charge is 0.383 e. The summed E-state index contributed by atoms with van der Waals surface area (Å²) >= 11 is 0. The first-order valence-corrected chi connectivity index (χ1v) is 11.0. The quantitative estimate of drug-likeness (QED) is 0.453. The SMILES string of the molecule is Cc1ccccc1-c1cc2cc(Nc3ccc(CS(N)(=O)=O)cc3)ncc2c(N)n1. The molecule has 4 aromatic rings. The maximum absolute atomic E-state index is 11.2. The third-order valence-electron chi connectivity index (χ3n) is 4.76. The molecule has 4 rings (SSSR count). The van der Waals surface area contributed by atoms with E-state index in [1.807, 2.05) is 43.3 Å². The van der Waals surface area contributed by atoms with Crippen LogP contribution < -0.4 is 16.2 Å². The molecule has 0 atom stereocenters. The molecule has 7 nitrogen and oxygen atoms in total. The van der Waals surface area contributed by atoms with E-state index in [0.29, 0.717) is 17.2 Å². The summed E-state index contributed by atoms with van der Waals surface area (Å²) in [5.74, 6) is 0.871. The van der Waals surface area contributed by atoms with Gasteiger partial charge >= 0.3 is 0 Å². The van der Waals surface area contributed by atoms with Crippen molar-refractivity contribution in [3.63, 3.8) is 0 Å². The number of primary sulfonamides is 1. The molecular formula is C22H21N5O2S. The zero-order valence-corrected chi connectivity index (χ0v) is 17.1. The Morgan fingerprint density at radius 2 is 1.77 bits per heavy atom. The van der Waals surface area contributed by atoms with Gasteiger partial charge < -0.3 is 11.1 Å². The molecule has 30 heavy (non-hydrogen) atoms. The van der Waals surface area contributed by atoms with Gasteiger partial charge in [0.25, 0.3) is 0 Å². The number of pyridine rings is 2. The highest BCUT2D eigenvalue weighted by atomic mass is 32.2. The number of hydrogen-bond donors (Lipinski definition) is 3. The first-order chi connectivity index (χ1) is 14.3. The van der Waals surface area contributed by atoms with E-state index in [1.165, 1.54) is 0 Å². The number of sulfonamides is 1. The Labute approximate surface area is 174 Å². The first kappa shape index (κ1) is 19.8. The predicted octanol–water partition coefficient (Wildman–Crippen LogP) is 3.72. The van der Waals surface area contributed by atoms with Gasteiger partial charge in [-0.25, -0.2) is 23.5 Å². The number of hydrogen-bond acceptors (Lipinski definition) is 6. The summed E-state index contributed by atoms with van der Waals surface area (Å²) in [6.07, 6.45) is 1.69. The van der Waals surface area contributed by atoms with Crippen LogP contribution in [0.1, 0.15) is 11.1 Å². The third kappa shape index (κ3) is 4.40. The van der Waals surface area contributed by atoms with Gasteiger partial charge in [0.2, 0.25) is 10.0 Å². The minimum absolute atomic E-state index is 0.199. The predicted molar refractivity (Wildman–Crippen MR) is 121 cm³/mol. The Morgan fingerprint density at radius 3 is 2.47 bits per heavy atom. The summed E-state index contributed by atoms with van der Waals surface area (Å²) in [6.45, 7) is 2.04. The monoisotopic (exact) mass is 419 g/mol. The second-order valence-corrected chi connectivity index (χ2v) is 8.74. The molecule has 2 aromatic heterocycles. The van der Waals surface area contributed by atoms with Gasteiger partial charge in [0.1, 0.15) is 11.6 Å². The van der Waals surface area contributed by atoms with Crippen LogP contribution in [0.3, 0.4) is 0 Å². The number of rotatable bonds is 5. The van der Waals surface area contributed by atoms with Gasteiger partial charge in [0, 0.05) is 22.8 Å². The average Bonchev–Trinajstić information content (AvgIpc) is 2.68. The van der Waals surface area contributed by atoms with Crippen LogP contribution in [0.15, 0.2) is 66.9 Å². The Hall–Kier alpha value is -3.49. The van der Waals surface area contributed by atoms with Gasteiger partial charge in [-0.1, -0.05) is 36.4 Å². The van der Waals surface area contributed by atoms with Gasteiger partial charge in [0.05, 0.1) is 11.4 Å². The van der Waals surface area contributed by atoms with Crippen LogP contribution in [0.5, 0.6) is 0 Å². The van der Waals surface area contributed by atoms with E-state index in [1.54, 1.807) is 30.5 Å². The highest BCUT2D eigenvalue weighted by Crippen LogP contribution is 2.29. The van der Waals surface area contributed by atoms with Crippen LogP contribution in [0.4, 0.5) is 17.3 Å². The molecule has 0 aliphatic rings. The Bertz CT molecular complexity index is 1340. The first-order valence-electron chi connectivity index (χ1n) is 9.27. The molecule has 2 aromatic carbocycles. The van der Waals surface area contributed by atoms with Crippen LogP contribution in [-0.4, -0.2) is 18.4 Å². The number of nitrogen functional groups attached to an aromatic ring is 1. The smallest absolute Gasteiger partial charge is 0.213 e. The number of nitrogens with one attached hydrogen (secondary N) is 1. The molecule has 0 saturated heterocycles. The third-order valence-corrected chi connectivity index (χ3v) is 5.50. The molecule has 8 heteroatoms. The van der Waals surface area contributed by atoms with Crippen molar-refractivity contribution in [3.8, 4) is 11.3 Å². The van der Waals surface area contributed by atoms with Crippen molar-refractivity contribution in [2.75, 3.05) is 11.1 Å². The summed E-state index contributed by atoms with van der Waals surface area (Å²) in [4.78, 5) is 8.96. The number of aryl methyl sites for hydroxylation is 1. The van der Waals surface area contributed by atoms with Crippen LogP contribution in [0.2, 0.25) is 0 Å². The zero-order chi connectivity index (χ0) is 21.3. The summed E-state index contributed by atoms with van der Waals surface area (Å²) in [5, 5.41) is 10.0. The van der Waals surface area contributed by atoms with Crippen LogP contribution in [0, 0.1) is 6.92 Å². The van der Waals surface area contributed by atoms with Gasteiger partial charge in [-0.15, -0.1) is 0 Å². The Kier molecular flexibility index (Phi) is 5.11. The van der Waals surface area contributed by atoms with Crippen molar-refractivity contribution < 1.29 is 8.42 Å². The lowest BCUT2D eigenvalue weighted by Crippen LogP contribution is -2.14. The highest BCUT2D eigenvalue weighted by molar-refractivity contribution is 7.88. The van der Waals surface area contributed by atoms with Crippen molar-refractivity contribution >= 4 is 38.1 Å². The van der Waals surface area contributed by atoms with Gasteiger partial charge in [0.15, 0.2) is 0 Å². The molecule has 0 radical (unpaired) electrons. The number of benzene rings is 2. The van der Waals surface area contributed by atoms with Crippen molar-refractivity contribution in [2.24, 2.45) is 5.14 Å². The Morgan fingerprint density at radius 1 is 1.03 bits per heavy atom. The standard InChI is InChI=1S/C22H21N5O2S/c1-14-4-2-3-5-18(14)20-10-16-11-21(25-12-19(16)22(23)27-20)26-17-8-6-15(7-9-17)13-30(24,28)29/h2-12H,13H2,1H3,(H2,23,27)(H,25,26)(H2,24,28,29). The van der Waals surface area contributed by atoms with Gasteiger partial charge in [-0.05, 0) is 47.7 Å². The van der Waals surface area contributed by atoms with Crippen molar-refractivity contribution in [1.82, 2.24) is 9.97 Å². The van der Waals surface area contributed by atoms with E-state index in [2.05, 4.69) is 15.3 Å². The summed E-state index contributed by atoms with van der Waals surface area (Å²) in [7, 11) is -3.56. The maximum Gasteiger partial charge on any atom is 0.213 e. The molecule has 0 aliphatic carbocycles. The van der Waals surface area contributed by atoms with Gasteiger partial charge in [-0.2, -0.15) is 0 Å².